The van der Waals surface area contributed by atoms with E-state index >= 15 is 0 Å². The average molecular weight is 446 g/mol. The van der Waals surface area contributed by atoms with E-state index < -0.39 is 10.2 Å². The van der Waals surface area contributed by atoms with E-state index in [0.29, 0.717) is 30.4 Å². The molecule has 0 bridgehead atoms. The van der Waals surface area contributed by atoms with Gasteiger partial charge in [-0.15, -0.1) is 0 Å². The summed E-state index contributed by atoms with van der Waals surface area (Å²) in [6.45, 7) is 1.15. The summed E-state index contributed by atoms with van der Waals surface area (Å²) in [6, 6.07) is 19.6. The molecule has 32 heavy (non-hydrogen) atoms. The maximum absolute atomic E-state index is 12.9. The van der Waals surface area contributed by atoms with Crippen LogP contribution < -0.4 is 13.9 Å². The van der Waals surface area contributed by atoms with Crippen molar-refractivity contribution >= 4 is 27.3 Å². The molecule has 1 N–H and O–H groups in total. The normalized spacial score (nSPS) is 16.5. The van der Waals surface area contributed by atoms with E-state index in [1.807, 2.05) is 48.5 Å². The molecule has 1 fully saturated rings. The molecule has 0 amide bonds. The van der Waals surface area contributed by atoms with Crippen LogP contribution in [-0.4, -0.2) is 27.0 Å². The van der Waals surface area contributed by atoms with Crippen molar-refractivity contribution in [3.8, 4) is 17.2 Å². The van der Waals surface area contributed by atoms with Crippen molar-refractivity contribution in [3.63, 3.8) is 0 Å². The third kappa shape index (κ3) is 3.76. The smallest absolute Gasteiger partial charge is 0.326 e. The van der Waals surface area contributed by atoms with E-state index in [1.165, 1.54) is 4.31 Å². The Morgan fingerprint density at radius 2 is 1.91 bits per heavy atom. The van der Waals surface area contributed by atoms with Gasteiger partial charge in [-0.2, -0.15) is 13.7 Å². The number of anilines is 3. The fourth-order valence-corrected chi connectivity index (χ4v) is 5.45. The number of rotatable bonds is 6. The van der Waals surface area contributed by atoms with Gasteiger partial charge in [0.2, 0.25) is 0 Å². The van der Waals surface area contributed by atoms with Crippen molar-refractivity contribution in [2.45, 2.75) is 19.4 Å². The lowest BCUT2D eigenvalue weighted by molar-refractivity contribution is 0.590. The number of nitrogens with zero attached hydrogens (tertiary/aromatic N) is 4. The zero-order chi connectivity index (χ0) is 22.3. The molecule has 3 aromatic rings. The van der Waals surface area contributed by atoms with Crippen LogP contribution in [0.25, 0.3) is 11.1 Å². The monoisotopic (exact) mass is 445 g/mol. The first kappa shape index (κ1) is 20.3. The number of nitriles is 1. The maximum Gasteiger partial charge on any atom is 0.326 e. The molecule has 0 unspecified atom stereocenters. The standard InChI is InChI=1S/C24H23N5O2S/c1-28-24-12-20(7-8-23(24)29(32(28,30)31)16-17-5-6-17)19-4-2-3-18(11-19)15-27-21-9-10-26-22(13-21)14-25/h2-4,7-13,17H,5-6,15-16H2,1H3,(H,26,27). The second-order valence-electron chi connectivity index (χ2n) is 8.25. The van der Waals surface area contributed by atoms with Crippen LogP contribution in [0.5, 0.6) is 0 Å². The van der Waals surface area contributed by atoms with Gasteiger partial charge in [0.1, 0.15) is 11.8 Å². The molecule has 0 radical (unpaired) electrons. The van der Waals surface area contributed by atoms with Gasteiger partial charge in [0.05, 0.1) is 11.4 Å². The Morgan fingerprint density at radius 3 is 2.69 bits per heavy atom. The summed E-state index contributed by atoms with van der Waals surface area (Å²) in [5.74, 6) is 0.470. The zero-order valence-corrected chi connectivity index (χ0v) is 18.5. The van der Waals surface area contributed by atoms with Crippen LogP contribution in [0.4, 0.5) is 17.1 Å². The van der Waals surface area contributed by atoms with Crippen LogP contribution >= 0.6 is 0 Å². The Morgan fingerprint density at radius 1 is 1.09 bits per heavy atom. The van der Waals surface area contributed by atoms with E-state index in [1.54, 1.807) is 23.6 Å². The van der Waals surface area contributed by atoms with Gasteiger partial charge in [0.25, 0.3) is 0 Å². The first-order chi connectivity index (χ1) is 15.5. The molecule has 162 valence electrons. The van der Waals surface area contributed by atoms with Crippen LogP contribution in [-0.2, 0) is 16.8 Å². The molecule has 1 saturated carbocycles. The molecule has 2 aromatic carbocycles. The zero-order valence-electron chi connectivity index (χ0n) is 17.7. The predicted molar refractivity (Wildman–Crippen MR) is 126 cm³/mol. The van der Waals surface area contributed by atoms with Gasteiger partial charge in [0.15, 0.2) is 0 Å². The number of nitrogens with one attached hydrogen (secondary N) is 1. The lowest BCUT2D eigenvalue weighted by Crippen LogP contribution is -2.36. The molecule has 1 aliphatic heterocycles. The van der Waals surface area contributed by atoms with E-state index in [9.17, 15) is 8.42 Å². The topological polar surface area (TPSA) is 89.3 Å². The Hall–Kier alpha value is -3.57. The largest absolute Gasteiger partial charge is 0.381 e. The Bertz CT molecular complexity index is 1330. The summed E-state index contributed by atoms with van der Waals surface area (Å²) in [5.41, 5.74) is 5.75. The highest BCUT2D eigenvalue weighted by atomic mass is 32.2. The lowest BCUT2D eigenvalue weighted by Gasteiger charge is -2.18. The number of fused-ring (bicyclic) bond motifs is 1. The number of hydrogen-bond acceptors (Lipinski definition) is 5. The molecule has 0 atom stereocenters. The van der Waals surface area contributed by atoms with E-state index in [-0.39, 0.29) is 0 Å². The third-order valence-electron chi connectivity index (χ3n) is 5.96. The Balaban J connectivity index is 1.39. The minimum absolute atomic E-state index is 0.372. The molecule has 7 nitrogen and oxygen atoms in total. The van der Waals surface area contributed by atoms with Crippen LogP contribution in [0, 0.1) is 17.2 Å². The van der Waals surface area contributed by atoms with Gasteiger partial charge in [-0.25, -0.2) is 4.98 Å². The minimum atomic E-state index is -3.50. The van der Waals surface area contributed by atoms with E-state index in [2.05, 4.69) is 16.4 Å². The van der Waals surface area contributed by atoms with Crippen molar-refractivity contribution in [3.05, 3.63) is 72.1 Å². The van der Waals surface area contributed by atoms with E-state index in [0.717, 1.165) is 40.9 Å². The molecule has 8 heteroatoms. The molecular formula is C24H23N5O2S. The van der Waals surface area contributed by atoms with Crippen molar-refractivity contribution in [2.24, 2.45) is 5.92 Å². The lowest BCUT2D eigenvalue weighted by atomic mass is 10.0. The Kier molecular flexibility index (Phi) is 4.98. The first-order valence-electron chi connectivity index (χ1n) is 10.6. The molecule has 0 spiro atoms. The summed E-state index contributed by atoms with van der Waals surface area (Å²) < 4.78 is 28.7. The van der Waals surface area contributed by atoms with Crippen molar-refractivity contribution < 1.29 is 8.42 Å². The van der Waals surface area contributed by atoms with Crippen molar-refractivity contribution in [1.82, 2.24) is 4.98 Å². The Labute approximate surface area is 188 Å². The van der Waals surface area contributed by atoms with Crippen LogP contribution in [0.3, 0.4) is 0 Å². The quantitative estimate of drug-likeness (QED) is 0.616. The third-order valence-corrected chi connectivity index (χ3v) is 7.75. The second kappa shape index (κ2) is 7.84. The summed E-state index contributed by atoms with van der Waals surface area (Å²) in [5, 5.41) is 12.3. The van der Waals surface area contributed by atoms with Crippen molar-refractivity contribution in [1.29, 1.82) is 5.26 Å². The molecule has 5 rings (SSSR count). The number of pyridine rings is 1. The first-order valence-corrected chi connectivity index (χ1v) is 12.0. The molecule has 1 aliphatic carbocycles. The summed E-state index contributed by atoms with van der Waals surface area (Å²) in [7, 11) is -1.88. The highest BCUT2D eigenvalue weighted by Gasteiger charge is 2.40. The van der Waals surface area contributed by atoms with Crippen LogP contribution in [0.15, 0.2) is 60.8 Å². The fraction of sp³-hybridized carbons (Fsp3) is 0.250. The fourth-order valence-electron chi connectivity index (χ4n) is 3.96. The molecular weight excluding hydrogens is 422 g/mol. The summed E-state index contributed by atoms with van der Waals surface area (Å²) in [4.78, 5) is 3.98. The van der Waals surface area contributed by atoms with Gasteiger partial charge < -0.3 is 5.32 Å². The van der Waals surface area contributed by atoms with Gasteiger partial charge in [-0.05, 0) is 65.8 Å². The molecule has 1 aromatic heterocycles. The van der Waals surface area contributed by atoms with Crippen LogP contribution in [0.2, 0.25) is 0 Å². The van der Waals surface area contributed by atoms with Gasteiger partial charge in [-0.1, -0.05) is 24.3 Å². The van der Waals surface area contributed by atoms with Gasteiger partial charge >= 0.3 is 10.2 Å². The summed E-state index contributed by atoms with van der Waals surface area (Å²) in [6.07, 6.45) is 3.81. The van der Waals surface area contributed by atoms with Crippen LogP contribution in [0.1, 0.15) is 24.1 Å². The second-order valence-corrected chi connectivity index (χ2v) is 10.1. The van der Waals surface area contributed by atoms with Gasteiger partial charge in [0, 0.05) is 32.0 Å². The number of hydrogen-bond donors (Lipinski definition) is 1. The van der Waals surface area contributed by atoms with Crippen molar-refractivity contribution in [2.75, 3.05) is 27.5 Å². The highest BCUT2D eigenvalue weighted by molar-refractivity contribution is 7.94. The molecule has 2 aliphatic rings. The molecule has 2 heterocycles. The van der Waals surface area contributed by atoms with Gasteiger partial charge in [-0.3, -0.25) is 8.61 Å². The number of aromatic nitrogens is 1. The maximum atomic E-state index is 12.9. The van der Waals surface area contributed by atoms with E-state index in [4.69, 9.17) is 5.26 Å². The summed E-state index contributed by atoms with van der Waals surface area (Å²) >= 11 is 0. The number of benzene rings is 2. The predicted octanol–water partition coefficient (Wildman–Crippen LogP) is 4.14. The minimum Gasteiger partial charge on any atom is -0.381 e. The highest BCUT2D eigenvalue weighted by Crippen LogP contribution is 2.44. The SMILES string of the molecule is CN1c2cc(-c3cccc(CNc4ccnc(C#N)c4)c3)ccc2N(CC2CC2)S1(=O)=O. The molecule has 0 saturated heterocycles. The average Bonchev–Trinajstić information content (AvgIpc) is 3.62.